The minimum atomic E-state index is -0.400. The van der Waals surface area contributed by atoms with Crippen LogP contribution in [-0.2, 0) is 5.54 Å². The molecule has 18 heavy (non-hydrogen) atoms. The number of nitrogens with two attached hydrogens (primary N) is 1. The molecule has 1 aliphatic carbocycles. The smallest absolute Gasteiger partial charge is 0.247 e. The van der Waals surface area contributed by atoms with Crippen molar-refractivity contribution in [2.45, 2.75) is 31.7 Å². The number of rotatable bonds is 2. The van der Waals surface area contributed by atoms with Crippen molar-refractivity contribution in [3.05, 3.63) is 34.1 Å². The van der Waals surface area contributed by atoms with Gasteiger partial charge in [-0.25, -0.2) is 0 Å². The van der Waals surface area contributed by atoms with E-state index in [1.54, 1.807) is 0 Å². The minimum absolute atomic E-state index is 0.400. The van der Waals surface area contributed by atoms with Gasteiger partial charge in [0.1, 0.15) is 0 Å². The van der Waals surface area contributed by atoms with Gasteiger partial charge in [-0.2, -0.15) is 4.98 Å². The molecular formula is C13H14BrN3O. The maximum Gasteiger partial charge on any atom is 0.247 e. The predicted octanol–water partition coefficient (Wildman–Crippen LogP) is 3.15. The molecule has 4 nitrogen and oxygen atoms in total. The van der Waals surface area contributed by atoms with Crippen LogP contribution >= 0.6 is 15.9 Å². The molecule has 1 heterocycles. The Kier molecular flexibility index (Phi) is 2.75. The highest BCUT2D eigenvalue weighted by molar-refractivity contribution is 9.10. The summed E-state index contributed by atoms with van der Waals surface area (Å²) in [6, 6.07) is 6.04. The second-order valence-corrected chi connectivity index (χ2v) is 5.77. The lowest BCUT2D eigenvalue weighted by atomic mass is 9.78. The molecule has 0 bridgehead atoms. The van der Waals surface area contributed by atoms with Gasteiger partial charge >= 0.3 is 0 Å². The van der Waals surface area contributed by atoms with E-state index < -0.39 is 5.54 Å². The van der Waals surface area contributed by atoms with Crippen molar-refractivity contribution in [3.63, 3.8) is 0 Å². The highest BCUT2D eigenvalue weighted by Crippen LogP contribution is 2.38. The Balaban J connectivity index is 1.97. The molecule has 0 aliphatic heterocycles. The summed E-state index contributed by atoms with van der Waals surface area (Å²) in [5.41, 5.74) is 7.88. The van der Waals surface area contributed by atoms with Crippen LogP contribution in [0.1, 0.15) is 30.7 Å². The Morgan fingerprint density at radius 3 is 2.78 bits per heavy atom. The first-order valence-corrected chi connectivity index (χ1v) is 6.77. The van der Waals surface area contributed by atoms with Crippen LogP contribution in [0.25, 0.3) is 11.4 Å². The lowest BCUT2D eigenvalue weighted by molar-refractivity contribution is 0.181. The SMILES string of the molecule is Cc1ccc(-c2noc(C3(N)CCC3)n2)c(Br)c1. The van der Waals surface area contributed by atoms with Crippen molar-refractivity contribution < 1.29 is 4.52 Å². The fraction of sp³-hybridized carbons (Fsp3) is 0.385. The number of hydrogen-bond acceptors (Lipinski definition) is 4. The van der Waals surface area contributed by atoms with E-state index in [0.29, 0.717) is 11.7 Å². The molecule has 0 radical (unpaired) electrons. The van der Waals surface area contributed by atoms with Crippen LogP contribution in [0.2, 0.25) is 0 Å². The molecule has 0 amide bonds. The first-order chi connectivity index (χ1) is 8.58. The molecule has 3 rings (SSSR count). The molecule has 1 aliphatic rings. The molecule has 0 saturated heterocycles. The summed E-state index contributed by atoms with van der Waals surface area (Å²) in [4.78, 5) is 4.43. The highest BCUT2D eigenvalue weighted by atomic mass is 79.9. The van der Waals surface area contributed by atoms with Gasteiger partial charge in [0.25, 0.3) is 0 Å². The van der Waals surface area contributed by atoms with Gasteiger partial charge < -0.3 is 10.3 Å². The number of aromatic nitrogens is 2. The monoisotopic (exact) mass is 307 g/mol. The zero-order chi connectivity index (χ0) is 12.8. The molecule has 5 heteroatoms. The maximum absolute atomic E-state index is 6.17. The van der Waals surface area contributed by atoms with Crippen molar-refractivity contribution in [1.29, 1.82) is 0 Å². The van der Waals surface area contributed by atoms with Crippen molar-refractivity contribution in [2.75, 3.05) is 0 Å². The van der Waals surface area contributed by atoms with E-state index in [4.69, 9.17) is 10.3 Å². The van der Waals surface area contributed by atoms with Crippen LogP contribution in [-0.4, -0.2) is 10.1 Å². The third kappa shape index (κ3) is 1.87. The Bertz CT molecular complexity index is 590. The maximum atomic E-state index is 6.17. The summed E-state index contributed by atoms with van der Waals surface area (Å²) >= 11 is 3.52. The Morgan fingerprint density at radius 1 is 1.39 bits per heavy atom. The van der Waals surface area contributed by atoms with E-state index in [2.05, 4.69) is 26.1 Å². The zero-order valence-corrected chi connectivity index (χ0v) is 11.7. The van der Waals surface area contributed by atoms with E-state index in [9.17, 15) is 0 Å². The van der Waals surface area contributed by atoms with E-state index in [0.717, 1.165) is 29.3 Å². The summed E-state index contributed by atoms with van der Waals surface area (Å²) in [6.45, 7) is 2.04. The molecule has 0 spiro atoms. The number of nitrogens with zero attached hydrogens (tertiary/aromatic N) is 2. The second-order valence-electron chi connectivity index (χ2n) is 4.92. The summed E-state index contributed by atoms with van der Waals surface area (Å²) < 4.78 is 6.27. The number of halogens is 1. The third-order valence-electron chi connectivity index (χ3n) is 3.46. The Labute approximate surface area is 114 Å². The van der Waals surface area contributed by atoms with E-state index in [-0.39, 0.29) is 0 Å². The zero-order valence-electron chi connectivity index (χ0n) is 10.1. The van der Waals surface area contributed by atoms with Crippen molar-refractivity contribution in [2.24, 2.45) is 5.73 Å². The van der Waals surface area contributed by atoms with E-state index in [1.807, 2.05) is 25.1 Å². The van der Waals surface area contributed by atoms with Gasteiger partial charge in [-0.1, -0.05) is 27.2 Å². The topological polar surface area (TPSA) is 64.9 Å². The van der Waals surface area contributed by atoms with Crippen LogP contribution < -0.4 is 5.73 Å². The average molecular weight is 308 g/mol. The summed E-state index contributed by atoms with van der Waals surface area (Å²) in [6.07, 6.45) is 2.97. The molecule has 0 unspecified atom stereocenters. The molecule has 1 fully saturated rings. The van der Waals surface area contributed by atoms with Crippen LogP contribution in [0, 0.1) is 6.92 Å². The molecule has 2 N–H and O–H groups in total. The summed E-state index contributed by atoms with van der Waals surface area (Å²) in [7, 11) is 0. The molecule has 1 saturated carbocycles. The van der Waals surface area contributed by atoms with Crippen LogP contribution in [0.3, 0.4) is 0 Å². The fourth-order valence-electron chi connectivity index (χ4n) is 2.11. The molecule has 94 valence electrons. The van der Waals surface area contributed by atoms with Gasteiger partial charge in [0.2, 0.25) is 11.7 Å². The second kappa shape index (κ2) is 4.17. The van der Waals surface area contributed by atoms with E-state index in [1.165, 1.54) is 5.56 Å². The average Bonchev–Trinajstić information content (AvgIpc) is 2.75. The highest BCUT2D eigenvalue weighted by Gasteiger charge is 2.40. The first-order valence-electron chi connectivity index (χ1n) is 5.98. The molecule has 1 aromatic heterocycles. The third-order valence-corrected chi connectivity index (χ3v) is 4.12. The number of hydrogen-bond donors (Lipinski definition) is 1. The Morgan fingerprint density at radius 2 is 2.17 bits per heavy atom. The fourth-order valence-corrected chi connectivity index (χ4v) is 2.78. The van der Waals surface area contributed by atoms with Crippen molar-refractivity contribution in [3.8, 4) is 11.4 Å². The molecule has 1 aromatic carbocycles. The predicted molar refractivity (Wildman–Crippen MR) is 71.9 cm³/mol. The normalized spacial score (nSPS) is 17.5. The molecular weight excluding hydrogens is 294 g/mol. The number of aryl methyl sites for hydroxylation is 1. The lowest BCUT2D eigenvalue weighted by Crippen LogP contribution is -2.43. The van der Waals surface area contributed by atoms with Gasteiger partial charge in [-0.15, -0.1) is 0 Å². The van der Waals surface area contributed by atoms with Crippen LogP contribution in [0.5, 0.6) is 0 Å². The molecule has 0 atom stereocenters. The quantitative estimate of drug-likeness (QED) is 0.925. The van der Waals surface area contributed by atoms with Crippen molar-refractivity contribution >= 4 is 15.9 Å². The lowest BCUT2D eigenvalue weighted by Gasteiger charge is -2.33. The molecule has 2 aromatic rings. The van der Waals surface area contributed by atoms with Gasteiger partial charge in [0, 0.05) is 10.0 Å². The van der Waals surface area contributed by atoms with Crippen LogP contribution in [0.15, 0.2) is 27.2 Å². The first kappa shape index (κ1) is 11.9. The standard InChI is InChI=1S/C13H14BrN3O/c1-8-3-4-9(10(14)7-8)11-16-12(18-17-11)13(15)5-2-6-13/h3-4,7H,2,5-6,15H2,1H3. The van der Waals surface area contributed by atoms with Gasteiger partial charge in [0.15, 0.2) is 0 Å². The largest absolute Gasteiger partial charge is 0.337 e. The summed E-state index contributed by atoms with van der Waals surface area (Å²) in [5.74, 6) is 1.14. The Hall–Kier alpha value is -1.20. The van der Waals surface area contributed by atoms with E-state index >= 15 is 0 Å². The van der Waals surface area contributed by atoms with Gasteiger partial charge in [-0.3, -0.25) is 0 Å². The van der Waals surface area contributed by atoms with Gasteiger partial charge in [-0.05, 0) is 43.9 Å². The summed E-state index contributed by atoms with van der Waals surface area (Å²) in [5, 5.41) is 4.03. The van der Waals surface area contributed by atoms with Crippen LogP contribution in [0.4, 0.5) is 0 Å². The minimum Gasteiger partial charge on any atom is -0.337 e. The number of benzene rings is 1. The van der Waals surface area contributed by atoms with Gasteiger partial charge in [0.05, 0.1) is 5.54 Å². The van der Waals surface area contributed by atoms with Crippen molar-refractivity contribution in [1.82, 2.24) is 10.1 Å².